The fourth-order valence-electron chi connectivity index (χ4n) is 1.93. The number of hydrogen-bond acceptors (Lipinski definition) is 4. The molecule has 15 heavy (non-hydrogen) atoms. The average molecular weight is 209 g/mol. The van der Waals surface area contributed by atoms with E-state index in [9.17, 15) is 0 Å². The summed E-state index contributed by atoms with van der Waals surface area (Å²) in [6.45, 7) is 7.23. The van der Waals surface area contributed by atoms with Gasteiger partial charge in [-0.3, -0.25) is 0 Å². The highest BCUT2D eigenvalue weighted by atomic mass is 15.6. The van der Waals surface area contributed by atoms with Crippen LogP contribution in [0.4, 0.5) is 0 Å². The molecule has 0 unspecified atom stereocenters. The van der Waals surface area contributed by atoms with Gasteiger partial charge in [-0.1, -0.05) is 13.8 Å². The second-order valence-electron chi connectivity index (χ2n) is 4.89. The number of rotatable bonds is 4. The van der Waals surface area contributed by atoms with Crippen molar-refractivity contribution in [2.45, 2.75) is 58.2 Å². The number of aromatic nitrogens is 4. The molecule has 1 fully saturated rings. The van der Waals surface area contributed by atoms with E-state index in [1.807, 2.05) is 4.68 Å². The van der Waals surface area contributed by atoms with E-state index in [1.54, 1.807) is 0 Å². The van der Waals surface area contributed by atoms with Gasteiger partial charge in [0.05, 0.1) is 12.1 Å². The maximum absolute atomic E-state index is 4.10. The van der Waals surface area contributed by atoms with Crippen LogP contribution in [0.1, 0.15) is 45.9 Å². The Morgan fingerprint density at radius 3 is 2.73 bits per heavy atom. The Morgan fingerprint density at radius 1 is 1.47 bits per heavy atom. The van der Waals surface area contributed by atoms with Crippen LogP contribution >= 0.6 is 0 Å². The topological polar surface area (TPSA) is 55.6 Å². The van der Waals surface area contributed by atoms with Crippen molar-refractivity contribution in [1.29, 1.82) is 0 Å². The molecule has 0 amide bonds. The van der Waals surface area contributed by atoms with Crippen molar-refractivity contribution >= 4 is 0 Å². The van der Waals surface area contributed by atoms with E-state index in [2.05, 4.69) is 41.6 Å². The summed E-state index contributed by atoms with van der Waals surface area (Å²) in [6, 6.07) is 0.462. The van der Waals surface area contributed by atoms with Crippen molar-refractivity contribution in [3.8, 4) is 0 Å². The highest BCUT2D eigenvalue weighted by Crippen LogP contribution is 2.38. The molecule has 1 aliphatic carbocycles. The molecule has 0 spiro atoms. The van der Waals surface area contributed by atoms with E-state index in [-0.39, 0.29) is 5.54 Å². The standard InChI is InChI=1S/C10H19N5/c1-8(2)11-7-9-12-13-14-15(9)10(3)5-4-6-10/h8,11H,4-7H2,1-3H3. The van der Waals surface area contributed by atoms with Crippen molar-refractivity contribution in [3.05, 3.63) is 5.82 Å². The number of nitrogens with one attached hydrogen (secondary N) is 1. The van der Waals surface area contributed by atoms with Gasteiger partial charge in [-0.15, -0.1) is 5.10 Å². The van der Waals surface area contributed by atoms with Crippen LogP contribution in [0, 0.1) is 0 Å². The van der Waals surface area contributed by atoms with Crippen molar-refractivity contribution in [3.63, 3.8) is 0 Å². The van der Waals surface area contributed by atoms with Gasteiger partial charge < -0.3 is 5.32 Å². The monoisotopic (exact) mass is 209 g/mol. The predicted octanol–water partition coefficient (Wildman–Crippen LogP) is 1.07. The fraction of sp³-hybridized carbons (Fsp3) is 0.900. The molecule has 2 rings (SSSR count). The fourth-order valence-corrected chi connectivity index (χ4v) is 1.93. The summed E-state index contributed by atoms with van der Waals surface area (Å²) in [7, 11) is 0. The molecular weight excluding hydrogens is 190 g/mol. The highest BCUT2D eigenvalue weighted by Gasteiger charge is 2.36. The maximum atomic E-state index is 4.10. The first-order valence-corrected chi connectivity index (χ1v) is 5.63. The molecule has 1 aliphatic rings. The molecule has 1 N–H and O–H groups in total. The molecule has 84 valence electrons. The van der Waals surface area contributed by atoms with Gasteiger partial charge in [0.1, 0.15) is 0 Å². The van der Waals surface area contributed by atoms with Crippen molar-refractivity contribution in [2.75, 3.05) is 0 Å². The van der Waals surface area contributed by atoms with Crippen LogP contribution < -0.4 is 5.32 Å². The molecular formula is C10H19N5. The molecule has 1 aromatic heterocycles. The first-order valence-electron chi connectivity index (χ1n) is 5.63. The Labute approximate surface area is 90.2 Å². The van der Waals surface area contributed by atoms with E-state index in [1.165, 1.54) is 19.3 Å². The van der Waals surface area contributed by atoms with Gasteiger partial charge in [0.25, 0.3) is 0 Å². The van der Waals surface area contributed by atoms with Gasteiger partial charge in [0, 0.05) is 6.04 Å². The Kier molecular flexibility index (Phi) is 2.73. The van der Waals surface area contributed by atoms with Crippen LogP contribution in [0.3, 0.4) is 0 Å². The Hall–Kier alpha value is -0.970. The first kappa shape index (κ1) is 10.5. The zero-order chi connectivity index (χ0) is 10.9. The quantitative estimate of drug-likeness (QED) is 0.806. The third-order valence-corrected chi connectivity index (χ3v) is 3.14. The van der Waals surface area contributed by atoms with E-state index < -0.39 is 0 Å². The summed E-state index contributed by atoms with van der Waals surface area (Å²) in [5.74, 6) is 0.950. The lowest BCUT2D eigenvalue weighted by atomic mass is 9.78. The summed E-state index contributed by atoms with van der Waals surface area (Å²) < 4.78 is 1.99. The van der Waals surface area contributed by atoms with Gasteiger partial charge in [-0.2, -0.15) is 0 Å². The third kappa shape index (κ3) is 2.02. The zero-order valence-electron chi connectivity index (χ0n) is 9.69. The summed E-state index contributed by atoms with van der Waals surface area (Å²) in [5, 5.41) is 15.3. The van der Waals surface area contributed by atoms with E-state index in [0.717, 1.165) is 12.4 Å². The second kappa shape index (κ2) is 3.89. The normalized spacial score (nSPS) is 19.2. The molecule has 0 aromatic carbocycles. The van der Waals surface area contributed by atoms with Crippen molar-refractivity contribution < 1.29 is 0 Å². The Balaban J connectivity index is 2.08. The van der Waals surface area contributed by atoms with E-state index in [0.29, 0.717) is 6.04 Å². The van der Waals surface area contributed by atoms with E-state index >= 15 is 0 Å². The minimum Gasteiger partial charge on any atom is -0.308 e. The van der Waals surface area contributed by atoms with Crippen LogP contribution in [0.25, 0.3) is 0 Å². The first-order chi connectivity index (χ1) is 7.12. The minimum atomic E-state index is 0.164. The molecule has 5 heteroatoms. The predicted molar refractivity (Wildman–Crippen MR) is 57.3 cm³/mol. The molecule has 0 bridgehead atoms. The molecule has 1 saturated carbocycles. The summed E-state index contributed by atoms with van der Waals surface area (Å²) in [5.41, 5.74) is 0.164. The lowest BCUT2D eigenvalue weighted by molar-refractivity contribution is 0.140. The van der Waals surface area contributed by atoms with Crippen molar-refractivity contribution in [1.82, 2.24) is 25.5 Å². The van der Waals surface area contributed by atoms with Crippen LogP contribution in [0.5, 0.6) is 0 Å². The highest BCUT2D eigenvalue weighted by molar-refractivity contribution is 4.95. The van der Waals surface area contributed by atoms with Crippen LogP contribution in [-0.2, 0) is 12.1 Å². The molecule has 0 radical (unpaired) electrons. The lowest BCUT2D eigenvalue weighted by Crippen LogP contribution is -2.40. The Bertz CT molecular complexity index is 326. The molecule has 0 atom stereocenters. The lowest BCUT2D eigenvalue weighted by Gasteiger charge is -2.38. The molecule has 1 heterocycles. The van der Waals surface area contributed by atoms with Crippen LogP contribution in [0.15, 0.2) is 0 Å². The van der Waals surface area contributed by atoms with Gasteiger partial charge >= 0.3 is 0 Å². The van der Waals surface area contributed by atoms with Gasteiger partial charge in [0.2, 0.25) is 0 Å². The van der Waals surface area contributed by atoms with E-state index in [4.69, 9.17) is 0 Å². The molecule has 1 aromatic rings. The Morgan fingerprint density at radius 2 is 2.20 bits per heavy atom. The summed E-state index contributed by atoms with van der Waals surface area (Å²) >= 11 is 0. The molecule has 0 saturated heterocycles. The van der Waals surface area contributed by atoms with Gasteiger partial charge in [-0.25, -0.2) is 4.68 Å². The average Bonchev–Trinajstić information content (AvgIpc) is 2.59. The SMILES string of the molecule is CC(C)NCc1nnnn1C1(C)CCC1. The second-order valence-corrected chi connectivity index (χ2v) is 4.89. The maximum Gasteiger partial charge on any atom is 0.165 e. The smallest absolute Gasteiger partial charge is 0.165 e. The van der Waals surface area contributed by atoms with Crippen LogP contribution in [-0.4, -0.2) is 26.2 Å². The number of nitrogens with zero attached hydrogens (tertiary/aromatic N) is 4. The third-order valence-electron chi connectivity index (χ3n) is 3.14. The summed E-state index contributed by atoms with van der Waals surface area (Å²) in [4.78, 5) is 0. The zero-order valence-corrected chi connectivity index (χ0v) is 9.69. The largest absolute Gasteiger partial charge is 0.308 e. The molecule has 5 nitrogen and oxygen atoms in total. The van der Waals surface area contributed by atoms with Crippen molar-refractivity contribution in [2.24, 2.45) is 0 Å². The summed E-state index contributed by atoms with van der Waals surface area (Å²) in [6.07, 6.45) is 3.66. The minimum absolute atomic E-state index is 0.164. The van der Waals surface area contributed by atoms with Gasteiger partial charge in [0.15, 0.2) is 5.82 Å². The molecule has 0 aliphatic heterocycles. The van der Waals surface area contributed by atoms with Gasteiger partial charge in [-0.05, 0) is 36.6 Å². The van der Waals surface area contributed by atoms with Crippen LogP contribution in [0.2, 0.25) is 0 Å². The number of tetrazole rings is 1. The number of hydrogen-bond donors (Lipinski definition) is 1.